The minimum absolute atomic E-state index is 0.818. The quantitative estimate of drug-likeness (QED) is 0.536. The van der Waals surface area contributed by atoms with Crippen LogP contribution in [0.25, 0.3) is 5.69 Å². The lowest BCUT2D eigenvalue weighted by atomic mass is 10.3. The van der Waals surface area contributed by atoms with Crippen molar-refractivity contribution in [2.75, 3.05) is 12.3 Å². The van der Waals surface area contributed by atoms with Gasteiger partial charge in [0.2, 0.25) is 5.16 Å². The van der Waals surface area contributed by atoms with Crippen LogP contribution < -0.4 is 5.32 Å². The Hall–Kier alpha value is -1.70. The molecule has 0 bridgehead atoms. The van der Waals surface area contributed by atoms with E-state index >= 15 is 0 Å². The summed E-state index contributed by atoms with van der Waals surface area (Å²) < 4.78 is 1.77. The summed E-state index contributed by atoms with van der Waals surface area (Å²) in [5, 5.41) is 20.4. The Morgan fingerprint density at radius 2 is 2.10 bits per heavy atom. The monoisotopic (exact) mass is 317 g/mol. The molecule has 2 heterocycles. The van der Waals surface area contributed by atoms with Gasteiger partial charge in [-0.3, -0.25) is 0 Å². The molecule has 0 saturated carbocycles. The van der Waals surface area contributed by atoms with E-state index in [9.17, 15) is 0 Å². The number of hydrogen-bond acceptors (Lipinski definition) is 6. The van der Waals surface area contributed by atoms with E-state index in [0.717, 1.165) is 29.7 Å². The SMILES string of the molecule is c1ccc(-n2nnnc2SCCNCc2ccsc2)cc1. The van der Waals surface area contributed by atoms with Crippen molar-refractivity contribution < 1.29 is 0 Å². The number of tetrazole rings is 1. The molecule has 21 heavy (non-hydrogen) atoms. The number of thioether (sulfide) groups is 1. The van der Waals surface area contributed by atoms with Gasteiger partial charge in [0, 0.05) is 18.8 Å². The van der Waals surface area contributed by atoms with E-state index in [0.29, 0.717) is 0 Å². The second-order valence-electron chi connectivity index (χ2n) is 4.37. The van der Waals surface area contributed by atoms with Gasteiger partial charge in [-0.05, 0) is 44.9 Å². The first-order chi connectivity index (χ1) is 10.4. The standard InChI is InChI=1S/C14H15N5S2/c1-2-4-13(5-3-1)19-14(16-17-18-19)21-9-7-15-10-12-6-8-20-11-12/h1-6,8,11,15H,7,9-10H2. The van der Waals surface area contributed by atoms with E-state index in [2.05, 4.69) is 37.7 Å². The molecule has 5 nitrogen and oxygen atoms in total. The lowest BCUT2D eigenvalue weighted by Crippen LogP contribution is -2.16. The summed E-state index contributed by atoms with van der Waals surface area (Å²) in [6.45, 7) is 1.83. The molecule has 0 radical (unpaired) electrons. The molecular weight excluding hydrogens is 302 g/mol. The molecule has 0 spiro atoms. The molecule has 108 valence electrons. The molecule has 0 aliphatic rings. The van der Waals surface area contributed by atoms with Gasteiger partial charge in [0.25, 0.3) is 0 Å². The average Bonchev–Trinajstić information content (AvgIpc) is 3.19. The van der Waals surface area contributed by atoms with Gasteiger partial charge in [-0.1, -0.05) is 30.0 Å². The summed E-state index contributed by atoms with van der Waals surface area (Å²) in [6.07, 6.45) is 0. The first-order valence-corrected chi connectivity index (χ1v) is 8.55. The Balaban J connectivity index is 1.49. The third kappa shape index (κ3) is 3.90. The van der Waals surface area contributed by atoms with E-state index in [1.165, 1.54) is 5.56 Å². The van der Waals surface area contributed by atoms with Gasteiger partial charge in [0.05, 0.1) is 5.69 Å². The predicted octanol–water partition coefficient (Wildman–Crippen LogP) is 2.61. The summed E-state index contributed by atoms with van der Waals surface area (Å²) in [5.41, 5.74) is 2.32. The molecule has 0 amide bonds. The zero-order chi connectivity index (χ0) is 14.3. The summed E-state index contributed by atoms with van der Waals surface area (Å²) in [7, 11) is 0. The van der Waals surface area contributed by atoms with Crippen LogP contribution in [0.4, 0.5) is 0 Å². The van der Waals surface area contributed by atoms with Crippen LogP contribution in [-0.4, -0.2) is 32.5 Å². The molecule has 0 aliphatic heterocycles. The fourth-order valence-corrected chi connectivity index (χ4v) is 3.30. The molecule has 3 rings (SSSR count). The Morgan fingerprint density at radius 1 is 1.19 bits per heavy atom. The normalized spacial score (nSPS) is 10.9. The zero-order valence-corrected chi connectivity index (χ0v) is 13.0. The van der Waals surface area contributed by atoms with Crippen molar-refractivity contribution in [3.63, 3.8) is 0 Å². The summed E-state index contributed by atoms with van der Waals surface area (Å²) in [4.78, 5) is 0. The van der Waals surface area contributed by atoms with Crippen LogP contribution in [0.1, 0.15) is 5.56 Å². The fraction of sp³-hybridized carbons (Fsp3) is 0.214. The highest BCUT2D eigenvalue weighted by atomic mass is 32.2. The van der Waals surface area contributed by atoms with Crippen molar-refractivity contribution in [2.45, 2.75) is 11.7 Å². The van der Waals surface area contributed by atoms with E-state index in [1.807, 2.05) is 30.3 Å². The highest BCUT2D eigenvalue weighted by Gasteiger charge is 2.07. The third-order valence-electron chi connectivity index (χ3n) is 2.86. The zero-order valence-electron chi connectivity index (χ0n) is 11.3. The van der Waals surface area contributed by atoms with Crippen LogP contribution in [0.3, 0.4) is 0 Å². The number of nitrogens with zero attached hydrogens (tertiary/aromatic N) is 4. The second kappa shape index (κ2) is 7.35. The summed E-state index contributed by atoms with van der Waals surface area (Å²) in [6, 6.07) is 12.1. The van der Waals surface area contributed by atoms with Crippen LogP contribution in [0.2, 0.25) is 0 Å². The maximum absolute atomic E-state index is 4.08. The Labute approximate surface area is 131 Å². The molecule has 0 saturated heterocycles. The molecule has 0 unspecified atom stereocenters. The molecule has 0 aliphatic carbocycles. The van der Waals surface area contributed by atoms with Crippen molar-refractivity contribution in [1.82, 2.24) is 25.5 Å². The number of para-hydroxylation sites is 1. The fourth-order valence-electron chi connectivity index (χ4n) is 1.84. The number of hydrogen-bond donors (Lipinski definition) is 1. The van der Waals surface area contributed by atoms with Gasteiger partial charge < -0.3 is 5.32 Å². The first kappa shape index (κ1) is 14.2. The number of benzene rings is 1. The topological polar surface area (TPSA) is 55.6 Å². The molecule has 1 aromatic carbocycles. The Bertz CT molecular complexity index is 651. The van der Waals surface area contributed by atoms with Crippen LogP contribution in [0, 0.1) is 0 Å². The van der Waals surface area contributed by atoms with Gasteiger partial charge >= 0.3 is 0 Å². The molecular formula is C14H15N5S2. The number of thiophene rings is 1. The van der Waals surface area contributed by atoms with Gasteiger partial charge in [0.1, 0.15) is 0 Å². The van der Waals surface area contributed by atoms with Crippen LogP contribution in [0.5, 0.6) is 0 Å². The number of aromatic nitrogens is 4. The molecule has 1 N–H and O–H groups in total. The maximum atomic E-state index is 4.08. The molecule has 7 heteroatoms. The summed E-state index contributed by atoms with van der Waals surface area (Å²) >= 11 is 3.38. The largest absolute Gasteiger partial charge is 0.312 e. The van der Waals surface area contributed by atoms with E-state index < -0.39 is 0 Å². The lowest BCUT2D eigenvalue weighted by Gasteiger charge is -2.04. The highest BCUT2D eigenvalue weighted by molar-refractivity contribution is 7.99. The van der Waals surface area contributed by atoms with Crippen molar-refractivity contribution in [1.29, 1.82) is 0 Å². The van der Waals surface area contributed by atoms with Crippen molar-refractivity contribution in [3.05, 3.63) is 52.7 Å². The van der Waals surface area contributed by atoms with Gasteiger partial charge in [-0.2, -0.15) is 16.0 Å². The number of nitrogens with one attached hydrogen (secondary N) is 1. The second-order valence-corrected chi connectivity index (χ2v) is 6.21. The minimum atomic E-state index is 0.818. The molecule has 2 aromatic heterocycles. The van der Waals surface area contributed by atoms with E-state index in [4.69, 9.17) is 0 Å². The average molecular weight is 317 g/mol. The van der Waals surface area contributed by atoms with Crippen molar-refractivity contribution in [2.24, 2.45) is 0 Å². The first-order valence-electron chi connectivity index (χ1n) is 6.62. The summed E-state index contributed by atoms with van der Waals surface area (Å²) in [5.74, 6) is 0.928. The third-order valence-corrected chi connectivity index (χ3v) is 4.51. The van der Waals surface area contributed by atoms with Gasteiger partial charge in [-0.15, -0.1) is 5.10 Å². The molecule has 0 atom stereocenters. The number of rotatable bonds is 7. The van der Waals surface area contributed by atoms with E-state index in [-0.39, 0.29) is 0 Å². The van der Waals surface area contributed by atoms with Crippen LogP contribution in [0.15, 0.2) is 52.3 Å². The van der Waals surface area contributed by atoms with Gasteiger partial charge in [0.15, 0.2) is 0 Å². The Kier molecular flexibility index (Phi) is 4.99. The highest BCUT2D eigenvalue weighted by Crippen LogP contribution is 2.17. The maximum Gasteiger partial charge on any atom is 0.214 e. The van der Waals surface area contributed by atoms with Crippen molar-refractivity contribution >= 4 is 23.1 Å². The van der Waals surface area contributed by atoms with Crippen molar-refractivity contribution in [3.8, 4) is 5.69 Å². The molecule has 0 fully saturated rings. The van der Waals surface area contributed by atoms with Crippen LogP contribution >= 0.6 is 23.1 Å². The Morgan fingerprint density at radius 3 is 2.90 bits per heavy atom. The minimum Gasteiger partial charge on any atom is -0.312 e. The molecule has 3 aromatic rings. The van der Waals surface area contributed by atoms with Crippen LogP contribution in [-0.2, 0) is 6.54 Å². The predicted molar refractivity (Wildman–Crippen MR) is 85.9 cm³/mol. The van der Waals surface area contributed by atoms with Gasteiger partial charge in [-0.25, -0.2) is 0 Å². The van der Waals surface area contributed by atoms with E-state index in [1.54, 1.807) is 27.8 Å². The lowest BCUT2D eigenvalue weighted by molar-refractivity contribution is 0.729. The smallest absolute Gasteiger partial charge is 0.214 e.